The van der Waals surface area contributed by atoms with Gasteiger partial charge < -0.3 is 5.11 Å². The number of aryl methyl sites for hydroxylation is 1. The molecule has 0 heterocycles. The normalized spacial score (nSPS) is 10.4. The van der Waals surface area contributed by atoms with Gasteiger partial charge in [0.15, 0.2) is 0 Å². The van der Waals surface area contributed by atoms with Crippen molar-refractivity contribution < 1.29 is 5.11 Å². The number of rotatable bonds is 3. The van der Waals surface area contributed by atoms with E-state index in [2.05, 4.69) is 6.07 Å². The monoisotopic (exact) mass is 187 g/mol. The number of aliphatic hydroxyl groups is 1. The molecule has 2 nitrogen and oxygen atoms in total. The van der Waals surface area contributed by atoms with Crippen molar-refractivity contribution in [2.24, 2.45) is 0 Å². The predicted molar refractivity (Wildman–Crippen MR) is 56.6 cm³/mol. The fourth-order valence-electron chi connectivity index (χ4n) is 1.20. The Morgan fingerprint density at radius 1 is 1.50 bits per heavy atom. The number of nitriles is 1. The lowest BCUT2D eigenvalue weighted by molar-refractivity contribution is 0.303. The summed E-state index contributed by atoms with van der Waals surface area (Å²) in [5.41, 5.74) is 2.67. The van der Waals surface area contributed by atoms with E-state index in [9.17, 15) is 0 Å². The highest BCUT2D eigenvalue weighted by Gasteiger charge is 1.97. The average Bonchev–Trinajstić information content (AvgIpc) is 2.20. The van der Waals surface area contributed by atoms with Crippen LogP contribution < -0.4 is 0 Å². The predicted octanol–water partition coefficient (Wildman–Crippen LogP) is 2.26. The van der Waals surface area contributed by atoms with Crippen molar-refractivity contribution in [3.8, 4) is 6.07 Å². The van der Waals surface area contributed by atoms with Crippen LogP contribution in [0.3, 0.4) is 0 Å². The van der Waals surface area contributed by atoms with E-state index < -0.39 is 0 Å². The van der Waals surface area contributed by atoms with Gasteiger partial charge in [0.1, 0.15) is 0 Å². The van der Waals surface area contributed by atoms with Gasteiger partial charge in [-0.2, -0.15) is 5.26 Å². The Morgan fingerprint density at radius 3 is 2.93 bits per heavy atom. The first-order valence-electron chi connectivity index (χ1n) is 4.56. The van der Waals surface area contributed by atoms with Gasteiger partial charge in [-0.05, 0) is 30.5 Å². The van der Waals surface area contributed by atoms with Crippen LogP contribution in [0.15, 0.2) is 24.3 Å². The highest BCUT2D eigenvalue weighted by Crippen LogP contribution is 2.12. The number of nitrogens with zero attached hydrogens (tertiary/aromatic N) is 1. The first-order chi connectivity index (χ1) is 6.77. The Kier molecular flexibility index (Phi) is 3.90. The number of benzene rings is 1. The van der Waals surface area contributed by atoms with Crippen molar-refractivity contribution >= 4 is 6.08 Å². The molecule has 1 N–H and O–H groups in total. The third-order valence-corrected chi connectivity index (χ3v) is 1.92. The topological polar surface area (TPSA) is 44.0 Å². The third kappa shape index (κ3) is 2.72. The number of hydrogen-bond acceptors (Lipinski definition) is 2. The molecule has 0 radical (unpaired) electrons. The van der Waals surface area contributed by atoms with E-state index in [4.69, 9.17) is 10.4 Å². The van der Waals surface area contributed by atoms with Crippen LogP contribution in [0.2, 0.25) is 0 Å². The van der Waals surface area contributed by atoms with Crippen molar-refractivity contribution in [3.05, 3.63) is 41.0 Å². The molecule has 0 amide bonds. The molecule has 1 aromatic carbocycles. The van der Waals surface area contributed by atoms with E-state index in [0.717, 1.165) is 11.1 Å². The highest BCUT2D eigenvalue weighted by molar-refractivity contribution is 5.58. The summed E-state index contributed by atoms with van der Waals surface area (Å²) in [5, 5.41) is 17.5. The van der Waals surface area contributed by atoms with Crippen molar-refractivity contribution in [2.45, 2.75) is 13.3 Å². The third-order valence-electron chi connectivity index (χ3n) is 1.92. The van der Waals surface area contributed by atoms with Crippen LogP contribution in [-0.2, 0) is 0 Å². The molecule has 0 unspecified atom stereocenters. The molecule has 0 aliphatic carbocycles. The van der Waals surface area contributed by atoms with Crippen molar-refractivity contribution in [1.29, 1.82) is 5.26 Å². The van der Waals surface area contributed by atoms with Gasteiger partial charge in [-0.25, -0.2) is 0 Å². The second kappa shape index (κ2) is 5.21. The fraction of sp³-hybridized carbons (Fsp3) is 0.250. The van der Waals surface area contributed by atoms with Gasteiger partial charge in [-0.1, -0.05) is 24.3 Å². The maximum Gasteiger partial charge on any atom is 0.0998 e. The fourth-order valence-corrected chi connectivity index (χ4v) is 1.20. The molecule has 1 aromatic rings. The second-order valence-corrected chi connectivity index (χ2v) is 3.12. The van der Waals surface area contributed by atoms with Crippen LogP contribution in [0.4, 0.5) is 0 Å². The minimum atomic E-state index is 0.143. The molecule has 72 valence electrons. The smallest absolute Gasteiger partial charge is 0.0998 e. The number of hydrogen-bond donors (Lipinski definition) is 1. The zero-order valence-electron chi connectivity index (χ0n) is 8.20. The molecule has 2 heteroatoms. The summed E-state index contributed by atoms with van der Waals surface area (Å²) in [6.07, 6.45) is 4.36. The summed E-state index contributed by atoms with van der Waals surface area (Å²) >= 11 is 0. The van der Waals surface area contributed by atoms with Gasteiger partial charge in [0.05, 0.1) is 11.6 Å². The summed E-state index contributed by atoms with van der Waals surface area (Å²) in [6.45, 7) is 2.10. The van der Waals surface area contributed by atoms with E-state index in [1.807, 2.05) is 37.3 Å². The first kappa shape index (κ1) is 10.5. The van der Waals surface area contributed by atoms with Gasteiger partial charge >= 0.3 is 0 Å². The minimum Gasteiger partial charge on any atom is -0.396 e. The Labute approximate surface area is 84.1 Å². The molecular weight excluding hydrogens is 174 g/mol. The summed E-state index contributed by atoms with van der Waals surface area (Å²) < 4.78 is 0. The molecule has 0 bridgehead atoms. The molecule has 1 rings (SSSR count). The Balaban J connectivity index is 2.92. The second-order valence-electron chi connectivity index (χ2n) is 3.12. The first-order valence-corrected chi connectivity index (χ1v) is 4.56. The van der Waals surface area contributed by atoms with Crippen LogP contribution in [0.5, 0.6) is 0 Å². The van der Waals surface area contributed by atoms with E-state index in [1.165, 1.54) is 0 Å². The van der Waals surface area contributed by atoms with E-state index in [0.29, 0.717) is 12.0 Å². The van der Waals surface area contributed by atoms with Gasteiger partial charge in [-0.3, -0.25) is 0 Å². The van der Waals surface area contributed by atoms with Crippen LogP contribution in [0.25, 0.3) is 6.08 Å². The summed E-state index contributed by atoms with van der Waals surface area (Å²) in [4.78, 5) is 0. The van der Waals surface area contributed by atoms with Gasteiger partial charge in [0.2, 0.25) is 0 Å². The van der Waals surface area contributed by atoms with Crippen molar-refractivity contribution in [3.63, 3.8) is 0 Å². The molecule has 0 fully saturated rings. The summed E-state index contributed by atoms with van der Waals surface area (Å²) in [6, 6.07) is 7.90. The molecule has 0 atom stereocenters. The molecule has 0 aliphatic heterocycles. The summed E-state index contributed by atoms with van der Waals surface area (Å²) in [7, 11) is 0. The molecule has 14 heavy (non-hydrogen) atoms. The van der Waals surface area contributed by atoms with E-state index >= 15 is 0 Å². The zero-order valence-corrected chi connectivity index (χ0v) is 8.20. The molecule has 0 spiro atoms. The Hall–Kier alpha value is -1.59. The highest BCUT2D eigenvalue weighted by atomic mass is 16.2. The van der Waals surface area contributed by atoms with Crippen LogP contribution in [0.1, 0.15) is 23.1 Å². The van der Waals surface area contributed by atoms with Crippen LogP contribution in [-0.4, -0.2) is 11.7 Å². The lowest BCUT2D eigenvalue weighted by Gasteiger charge is -1.98. The van der Waals surface area contributed by atoms with E-state index in [-0.39, 0.29) is 6.61 Å². The molecule has 0 saturated carbocycles. The van der Waals surface area contributed by atoms with Crippen LogP contribution >= 0.6 is 0 Å². The van der Waals surface area contributed by atoms with E-state index in [1.54, 1.807) is 0 Å². The molecule has 0 saturated heterocycles. The largest absolute Gasteiger partial charge is 0.396 e. The number of aliphatic hydroxyl groups excluding tert-OH is 1. The maximum atomic E-state index is 8.87. The summed E-state index contributed by atoms with van der Waals surface area (Å²) in [5.74, 6) is 0. The Bertz CT molecular complexity index is 374. The molecule has 0 aromatic heterocycles. The minimum absolute atomic E-state index is 0.143. The van der Waals surface area contributed by atoms with Gasteiger partial charge in [0, 0.05) is 6.61 Å². The Morgan fingerprint density at radius 2 is 2.29 bits per heavy atom. The average molecular weight is 187 g/mol. The van der Waals surface area contributed by atoms with Crippen LogP contribution in [0, 0.1) is 18.3 Å². The van der Waals surface area contributed by atoms with Crippen molar-refractivity contribution in [2.75, 3.05) is 6.61 Å². The lowest BCUT2D eigenvalue weighted by Crippen LogP contribution is -1.84. The molecular formula is C12H13NO. The quantitative estimate of drug-likeness (QED) is 0.788. The SMILES string of the molecule is Cc1ccc(C=CCCO)c(C#N)c1. The van der Waals surface area contributed by atoms with Crippen molar-refractivity contribution in [1.82, 2.24) is 0 Å². The maximum absolute atomic E-state index is 8.87. The zero-order chi connectivity index (χ0) is 10.4. The standard InChI is InChI=1S/C12H13NO/c1-10-5-6-11(4-2-3-7-14)12(8-10)9-13/h2,4-6,8,14H,3,7H2,1H3. The molecule has 0 aliphatic rings. The van der Waals surface area contributed by atoms with Gasteiger partial charge in [-0.15, -0.1) is 0 Å². The van der Waals surface area contributed by atoms with Gasteiger partial charge in [0.25, 0.3) is 0 Å². The lowest BCUT2D eigenvalue weighted by atomic mass is 10.0.